The molecular weight excluding hydrogens is 457 g/mol. The Balaban J connectivity index is 2.38. The average Bonchev–Trinajstić information content (AvgIpc) is 2.69. The summed E-state index contributed by atoms with van der Waals surface area (Å²) >= 11 is 6.05. The van der Waals surface area contributed by atoms with Crippen molar-refractivity contribution >= 4 is 39.1 Å². The van der Waals surface area contributed by atoms with Gasteiger partial charge in [0.05, 0.1) is 11.9 Å². The Morgan fingerprint density at radius 2 is 1.72 bits per heavy atom. The fraction of sp³-hybridized carbons (Fsp3) is 0.364. The van der Waals surface area contributed by atoms with Crippen molar-refractivity contribution in [3.8, 4) is 0 Å². The number of benzene rings is 2. The minimum Gasteiger partial charge on any atom is -0.352 e. The highest BCUT2D eigenvalue weighted by molar-refractivity contribution is 7.92. The molecule has 0 saturated carbocycles. The molecule has 0 aliphatic carbocycles. The van der Waals surface area contributed by atoms with E-state index in [4.69, 9.17) is 11.6 Å². The molecule has 0 radical (unpaired) electrons. The standard InChI is InChI=1S/C22H27ClFN3O4S/c1-15(2)25-22(29)16(3)26(13-17-6-5-7-18(23)12-17)21(28)14-27(32(4,30)31)20-10-8-19(24)9-11-20/h5-12,15-16H,13-14H2,1-4H3,(H,25,29)/t16-/m0/s1. The lowest BCUT2D eigenvalue weighted by Crippen LogP contribution is -2.52. The van der Waals surface area contributed by atoms with Crippen molar-refractivity contribution in [1.82, 2.24) is 10.2 Å². The Morgan fingerprint density at radius 1 is 1.09 bits per heavy atom. The second-order valence-electron chi connectivity index (χ2n) is 7.74. The summed E-state index contributed by atoms with van der Waals surface area (Å²) in [4.78, 5) is 27.2. The molecule has 2 aromatic carbocycles. The number of carbonyl (C=O) groups is 2. The van der Waals surface area contributed by atoms with E-state index in [0.29, 0.717) is 10.6 Å². The number of nitrogens with one attached hydrogen (secondary N) is 1. The van der Waals surface area contributed by atoms with Gasteiger partial charge in [-0.05, 0) is 62.7 Å². The van der Waals surface area contributed by atoms with Gasteiger partial charge in [0.15, 0.2) is 0 Å². The maximum absolute atomic E-state index is 13.3. The topological polar surface area (TPSA) is 86.8 Å². The number of nitrogens with zero attached hydrogens (tertiary/aromatic N) is 2. The van der Waals surface area contributed by atoms with Crippen LogP contribution in [0.25, 0.3) is 0 Å². The highest BCUT2D eigenvalue weighted by Crippen LogP contribution is 2.20. The molecule has 0 bridgehead atoms. The Kier molecular flexibility index (Phi) is 8.63. The fourth-order valence-electron chi connectivity index (χ4n) is 3.04. The number of sulfonamides is 1. The van der Waals surface area contributed by atoms with E-state index < -0.39 is 34.3 Å². The molecule has 0 heterocycles. The zero-order valence-corrected chi connectivity index (χ0v) is 20.0. The molecular formula is C22H27ClFN3O4S. The van der Waals surface area contributed by atoms with E-state index in [2.05, 4.69) is 5.32 Å². The summed E-state index contributed by atoms with van der Waals surface area (Å²) in [5.41, 5.74) is 0.826. The largest absolute Gasteiger partial charge is 0.352 e. The van der Waals surface area contributed by atoms with Gasteiger partial charge in [-0.2, -0.15) is 0 Å². The summed E-state index contributed by atoms with van der Waals surface area (Å²) in [5.74, 6) is -1.50. The van der Waals surface area contributed by atoms with Gasteiger partial charge in [-0.3, -0.25) is 13.9 Å². The van der Waals surface area contributed by atoms with Gasteiger partial charge in [0.1, 0.15) is 18.4 Å². The quantitative estimate of drug-likeness (QED) is 0.593. The molecule has 0 aromatic heterocycles. The van der Waals surface area contributed by atoms with Crippen LogP contribution in [0.2, 0.25) is 5.02 Å². The molecule has 1 atom stereocenters. The molecule has 2 amide bonds. The molecule has 174 valence electrons. The summed E-state index contributed by atoms with van der Waals surface area (Å²) in [7, 11) is -3.86. The second kappa shape index (κ2) is 10.8. The molecule has 0 saturated heterocycles. The van der Waals surface area contributed by atoms with E-state index in [9.17, 15) is 22.4 Å². The van der Waals surface area contributed by atoms with E-state index >= 15 is 0 Å². The minimum absolute atomic E-state index is 0.0487. The molecule has 2 rings (SSSR count). The Hall–Kier alpha value is -2.65. The van der Waals surface area contributed by atoms with Gasteiger partial charge < -0.3 is 10.2 Å². The third-order valence-electron chi connectivity index (χ3n) is 4.63. The lowest BCUT2D eigenvalue weighted by Gasteiger charge is -2.32. The number of rotatable bonds is 9. The molecule has 10 heteroatoms. The number of carbonyl (C=O) groups excluding carboxylic acids is 2. The number of hydrogen-bond donors (Lipinski definition) is 1. The lowest BCUT2D eigenvalue weighted by molar-refractivity contribution is -0.139. The number of hydrogen-bond acceptors (Lipinski definition) is 4. The lowest BCUT2D eigenvalue weighted by atomic mass is 10.1. The van der Waals surface area contributed by atoms with Crippen LogP contribution in [-0.4, -0.2) is 50.0 Å². The van der Waals surface area contributed by atoms with Gasteiger partial charge in [0, 0.05) is 17.6 Å². The van der Waals surface area contributed by atoms with Gasteiger partial charge in [-0.1, -0.05) is 23.7 Å². The van der Waals surface area contributed by atoms with Crippen LogP contribution >= 0.6 is 11.6 Å². The minimum atomic E-state index is -3.86. The fourth-order valence-corrected chi connectivity index (χ4v) is 4.10. The van der Waals surface area contributed by atoms with Crippen molar-refractivity contribution in [3.05, 3.63) is 64.9 Å². The highest BCUT2D eigenvalue weighted by Gasteiger charge is 2.30. The van der Waals surface area contributed by atoms with Gasteiger partial charge in [-0.25, -0.2) is 12.8 Å². The SMILES string of the molecule is CC(C)NC(=O)[C@H](C)N(Cc1cccc(Cl)c1)C(=O)CN(c1ccc(F)cc1)S(C)(=O)=O. The Morgan fingerprint density at radius 3 is 2.25 bits per heavy atom. The Bertz CT molecular complexity index is 1060. The smallest absolute Gasteiger partial charge is 0.244 e. The van der Waals surface area contributed by atoms with Crippen LogP contribution in [0.5, 0.6) is 0 Å². The maximum atomic E-state index is 13.3. The van der Waals surface area contributed by atoms with Crippen LogP contribution in [-0.2, 0) is 26.2 Å². The van der Waals surface area contributed by atoms with Crippen molar-refractivity contribution < 1.29 is 22.4 Å². The third kappa shape index (κ3) is 7.20. The van der Waals surface area contributed by atoms with Crippen LogP contribution in [0.15, 0.2) is 48.5 Å². The average molecular weight is 484 g/mol. The van der Waals surface area contributed by atoms with E-state index in [1.807, 2.05) is 0 Å². The molecule has 0 spiro atoms. The van der Waals surface area contributed by atoms with Crippen LogP contribution in [0.4, 0.5) is 10.1 Å². The van der Waals surface area contributed by atoms with Crippen LogP contribution in [0.3, 0.4) is 0 Å². The van der Waals surface area contributed by atoms with E-state index in [1.165, 1.54) is 17.0 Å². The van der Waals surface area contributed by atoms with Gasteiger partial charge in [0.2, 0.25) is 21.8 Å². The normalized spacial score (nSPS) is 12.3. The first-order chi connectivity index (χ1) is 14.9. The predicted molar refractivity (Wildman–Crippen MR) is 123 cm³/mol. The Labute approximate surface area is 193 Å². The summed E-state index contributed by atoms with van der Waals surface area (Å²) in [6.07, 6.45) is 0.958. The molecule has 0 aliphatic heterocycles. The van der Waals surface area contributed by atoms with E-state index in [1.54, 1.807) is 45.0 Å². The number of anilines is 1. The third-order valence-corrected chi connectivity index (χ3v) is 6.01. The highest BCUT2D eigenvalue weighted by atomic mass is 35.5. The van der Waals surface area contributed by atoms with Crippen LogP contribution < -0.4 is 9.62 Å². The first kappa shape index (κ1) is 25.6. The van der Waals surface area contributed by atoms with Gasteiger partial charge in [0.25, 0.3) is 0 Å². The van der Waals surface area contributed by atoms with Crippen molar-refractivity contribution in [2.24, 2.45) is 0 Å². The van der Waals surface area contributed by atoms with Crippen LogP contribution in [0.1, 0.15) is 26.3 Å². The second-order valence-corrected chi connectivity index (χ2v) is 10.1. The molecule has 0 fully saturated rings. The summed E-state index contributed by atoms with van der Waals surface area (Å²) < 4.78 is 39.0. The van der Waals surface area contributed by atoms with Crippen molar-refractivity contribution in [1.29, 1.82) is 0 Å². The number of halogens is 2. The van der Waals surface area contributed by atoms with E-state index in [-0.39, 0.29) is 24.2 Å². The van der Waals surface area contributed by atoms with Crippen molar-refractivity contribution in [3.63, 3.8) is 0 Å². The first-order valence-electron chi connectivity index (χ1n) is 9.96. The molecule has 1 N–H and O–H groups in total. The summed E-state index contributed by atoms with van der Waals surface area (Å²) in [5, 5.41) is 3.23. The zero-order chi connectivity index (χ0) is 24.1. The molecule has 7 nitrogen and oxygen atoms in total. The molecule has 32 heavy (non-hydrogen) atoms. The summed E-state index contributed by atoms with van der Waals surface area (Å²) in [6, 6.07) is 10.6. The number of amides is 2. The maximum Gasteiger partial charge on any atom is 0.244 e. The van der Waals surface area contributed by atoms with Crippen LogP contribution in [0, 0.1) is 5.82 Å². The predicted octanol–water partition coefficient (Wildman–Crippen LogP) is 3.19. The monoisotopic (exact) mass is 483 g/mol. The molecule has 0 aliphatic rings. The van der Waals surface area contributed by atoms with Crippen molar-refractivity contribution in [2.45, 2.75) is 39.4 Å². The van der Waals surface area contributed by atoms with Gasteiger partial charge >= 0.3 is 0 Å². The molecule has 2 aromatic rings. The summed E-state index contributed by atoms with van der Waals surface area (Å²) in [6.45, 7) is 4.67. The van der Waals surface area contributed by atoms with E-state index in [0.717, 1.165) is 22.7 Å². The van der Waals surface area contributed by atoms with Gasteiger partial charge in [-0.15, -0.1) is 0 Å². The molecule has 0 unspecified atom stereocenters. The first-order valence-corrected chi connectivity index (χ1v) is 12.2. The zero-order valence-electron chi connectivity index (χ0n) is 18.4. The van der Waals surface area contributed by atoms with Crippen molar-refractivity contribution in [2.75, 3.05) is 17.1 Å².